The minimum Gasteiger partial charge on any atom is -0.302 e. The molecule has 2 aromatic carbocycles. The lowest BCUT2D eigenvalue weighted by Crippen LogP contribution is -2.17. The van der Waals surface area contributed by atoms with E-state index >= 15 is 0 Å². The van der Waals surface area contributed by atoms with Crippen LogP contribution in [0.4, 0.5) is 5.13 Å². The number of benzene rings is 2. The van der Waals surface area contributed by atoms with Gasteiger partial charge >= 0.3 is 0 Å². The summed E-state index contributed by atoms with van der Waals surface area (Å²) in [5, 5.41) is 3.71. The van der Waals surface area contributed by atoms with Crippen LogP contribution in [0.1, 0.15) is 12.0 Å². The van der Waals surface area contributed by atoms with Gasteiger partial charge in [-0.3, -0.25) is 4.79 Å². The van der Waals surface area contributed by atoms with Crippen LogP contribution in [-0.4, -0.2) is 25.1 Å². The molecule has 0 saturated heterocycles. The first-order chi connectivity index (χ1) is 11.9. The van der Waals surface area contributed by atoms with Crippen molar-refractivity contribution in [1.82, 2.24) is 4.98 Å². The number of aryl methyl sites for hydroxylation is 1. The van der Waals surface area contributed by atoms with E-state index in [9.17, 15) is 13.2 Å². The number of sulfone groups is 1. The molecule has 0 aliphatic carbocycles. The maximum atomic E-state index is 12.2. The maximum absolute atomic E-state index is 12.2. The highest BCUT2D eigenvalue weighted by Gasteiger charge is 2.17. The van der Waals surface area contributed by atoms with Gasteiger partial charge in [0.1, 0.15) is 0 Å². The summed E-state index contributed by atoms with van der Waals surface area (Å²) in [6.07, 6.45) is -0.132. The third kappa shape index (κ3) is 4.00. The third-order valence-electron chi connectivity index (χ3n) is 3.69. The Hall–Kier alpha value is -1.96. The van der Waals surface area contributed by atoms with Gasteiger partial charge in [-0.25, -0.2) is 13.4 Å². The molecule has 0 bridgehead atoms. The summed E-state index contributed by atoms with van der Waals surface area (Å²) in [7, 11) is -3.48. The van der Waals surface area contributed by atoms with E-state index in [0.717, 1.165) is 15.8 Å². The monoisotopic (exact) mass is 394 g/mol. The quantitative estimate of drug-likeness (QED) is 0.707. The molecule has 0 aliphatic rings. The number of anilines is 1. The Morgan fingerprint density at radius 1 is 1.20 bits per heavy atom. The fourth-order valence-corrected chi connectivity index (χ4v) is 4.66. The summed E-state index contributed by atoms with van der Waals surface area (Å²) in [6.45, 7) is 1.86. The maximum Gasteiger partial charge on any atom is 0.227 e. The second-order valence-corrected chi connectivity index (χ2v) is 9.02. The van der Waals surface area contributed by atoms with E-state index in [2.05, 4.69) is 10.3 Å². The topological polar surface area (TPSA) is 76.1 Å². The Kier molecular flexibility index (Phi) is 5.08. The van der Waals surface area contributed by atoms with E-state index in [4.69, 9.17) is 11.6 Å². The van der Waals surface area contributed by atoms with Gasteiger partial charge in [0.05, 0.1) is 20.9 Å². The first-order valence-electron chi connectivity index (χ1n) is 7.50. The van der Waals surface area contributed by atoms with Crippen molar-refractivity contribution in [3.05, 3.63) is 53.1 Å². The van der Waals surface area contributed by atoms with E-state index in [0.29, 0.717) is 10.2 Å². The molecule has 0 unspecified atom stereocenters. The standard InChI is InChI=1S/C17H15ClN2O3S2/c1-11-13(18)7-8-14-16(11)20-17(24-14)19-15(21)9-10-25(22,23)12-5-3-2-4-6-12/h2-8H,9-10H2,1H3,(H,19,20,21). The fraction of sp³-hybridized carbons (Fsp3) is 0.176. The number of aromatic nitrogens is 1. The van der Waals surface area contributed by atoms with Crippen molar-refractivity contribution in [2.24, 2.45) is 0 Å². The number of carbonyl (C=O) groups excluding carboxylic acids is 1. The number of rotatable bonds is 5. The summed E-state index contributed by atoms with van der Waals surface area (Å²) < 4.78 is 25.3. The molecule has 5 nitrogen and oxygen atoms in total. The highest BCUT2D eigenvalue weighted by atomic mass is 35.5. The molecule has 1 N–H and O–H groups in total. The number of carbonyl (C=O) groups is 1. The van der Waals surface area contributed by atoms with Gasteiger partial charge in [-0.15, -0.1) is 0 Å². The number of hydrogen-bond donors (Lipinski definition) is 1. The van der Waals surface area contributed by atoms with Crippen LogP contribution in [0.3, 0.4) is 0 Å². The second-order valence-electron chi connectivity index (χ2n) is 5.47. The van der Waals surface area contributed by atoms with Crippen LogP contribution in [0, 0.1) is 6.92 Å². The van der Waals surface area contributed by atoms with Gasteiger partial charge < -0.3 is 5.32 Å². The largest absolute Gasteiger partial charge is 0.302 e. The number of amides is 1. The lowest BCUT2D eigenvalue weighted by atomic mass is 10.2. The number of nitrogens with zero attached hydrogens (tertiary/aromatic N) is 1. The van der Waals surface area contributed by atoms with E-state index in [1.807, 2.05) is 13.0 Å². The van der Waals surface area contributed by atoms with E-state index in [-0.39, 0.29) is 23.0 Å². The molecule has 130 valence electrons. The average molecular weight is 395 g/mol. The Morgan fingerprint density at radius 3 is 2.64 bits per heavy atom. The van der Waals surface area contributed by atoms with Crippen molar-refractivity contribution in [2.75, 3.05) is 11.1 Å². The molecule has 1 aromatic heterocycles. The number of thiazole rings is 1. The zero-order chi connectivity index (χ0) is 18.0. The molecule has 0 aliphatic heterocycles. The van der Waals surface area contributed by atoms with Gasteiger partial charge in [-0.1, -0.05) is 41.1 Å². The van der Waals surface area contributed by atoms with Gasteiger partial charge in [0, 0.05) is 11.4 Å². The molecule has 3 rings (SSSR count). The predicted molar refractivity (Wildman–Crippen MR) is 101 cm³/mol. The molecule has 8 heteroatoms. The van der Waals surface area contributed by atoms with Crippen molar-refractivity contribution in [3.8, 4) is 0 Å². The summed E-state index contributed by atoms with van der Waals surface area (Å²) >= 11 is 7.40. The third-order valence-corrected chi connectivity index (χ3v) is 6.77. The van der Waals surface area contributed by atoms with Crippen molar-refractivity contribution in [3.63, 3.8) is 0 Å². The molecule has 3 aromatic rings. The van der Waals surface area contributed by atoms with Crippen LogP contribution < -0.4 is 5.32 Å². The first-order valence-corrected chi connectivity index (χ1v) is 10.3. The predicted octanol–water partition coefficient (Wildman–Crippen LogP) is 4.06. The zero-order valence-corrected chi connectivity index (χ0v) is 15.7. The molecular weight excluding hydrogens is 380 g/mol. The number of halogens is 1. The van der Waals surface area contributed by atoms with Gasteiger partial charge in [-0.05, 0) is 36.8 Å². The molecule has 0 radical (unpaired) electrons. The molecule has 0 atom stereocenters. The lowest BCUT2D eigenvalue weighted by molar-refractivity contribution is -0.115. The van der Waals surface area contributed by atoms with Crippen molar-refractivity contribution in [2.45, 2.75) is 18.2 Å². The van der Waals surface area contributed by atoms with Crippen LogP contribution in [0.2, 0.25) is 5.02 Å². The highest BCUT2D eigenvalue weighted by molar-refractivity contribution is 7.91. The molecule has 0 fully saturated rings. The van der Waals surface area contributed by atoms with Gasteiger partial charge in [0.2, 0.25) is 5.91 Å². The minimum atomic E-state index is -3.48. The van der Waals surface area contributed by atoms with Gasteiger partial charge in [-0.2, -0.15) is 0 Å². The summed E-state index contributed by atoms with van der Waals surface area (Å²) in [5.74, 6) is -0.638. The molecular formula is C17H15ClN2O3S2. The van der Waals surface area contributed by atoms with Gasteiger partial charge in [0.25, 0.3) is 0 Å². The molecule has 0 saturated carbocycles. The molecule has 1 heterocycles. The highest BCUT2D eigenvalue weighted by Crippen LogP contribution is 2.31. The van der Waals surface area contributed by atoms with E-state index in [1.54, 1.807) is 24.3 Å². The number of fused-ring (bicyclic) bond motifs is 1. The molecule has 0 spiro atoms. The van der Waals surface area contributed by atoms with Crippen LogP contribution in [0.15, 0.2) is 47.4 Å². The molecule has 1 amide bonds. The molecule has 25 heavy (non-hydrogen) atoms. The van der Waals surface area contributed by atoms with Crippen molar-refractivity contribution < 1.29 is 13.2 Å². The normalized spacial score (nSPS) is 11.6. The second kappa shape index (κ2) is 7.11. The summed E-state index contributed by atoms with van der Waals surface area (Å²) in [4.78, 5) is 16.7. The average Bonchev–Trinajstić information content (AvgIpc) is 3.01. The summed E-state index contributed by atoms with van der Waals surface area (Å²) in [5.41, 5.74) is 1.59. The fourth-order valence-electron chi connectivity index (χ4n) is 2.31. The van der Waals surface area contributed by atoms with Crippen molar-refractivity contribution in [1.29, 1.82) is 0 Å². The van der Waals surface area contributed by atoms with Crippen LogP contribution in [-0.2, 0) is 14.6 Å². The Labute approximate surface area is 154 Å². The lowest BCUT2D eigenvalue weighted by Gasteiger charge is -2.04. The zero-order valence-electron chi connectivity index (χ0n) is 13.3. The SMILES string of the molecule is Cc1c(Cl)ccc2sc(NC(=O)CCS(=O)(=O)c3ccccc3)nc12. The van der Waals surface area contributed by atoms with Crippen LogP contribution in [0.5, 0.6) is 0 Å². The van der Waals surface area contributed by atoms with E-state index in [1.165, 1.54) is 23.5 Å². The number of nitrogens with one attached hydrogen (secondary N) is 1. The number of hydrogen-bond acceptors (Lipinski definition) is 5. The van der Waals surface area contributed by atoms with Crippen LogP contribution in [0.25, 0.3) is 10.2 Å². The first kappa shape index (κ1) is 17.8. The van der Waals surface area contributed by atoms with Crippen LogP contribution >= 0.6 is 22.9 Å². The Bertz CT molecular complexity index is 1030. The minimum absolute atomic E-state index is 0.132. The smallest absolute Gasteiger partial charge is 0.227 e. The Morgan fingerprint density at radius 2 is 1.92 bits per heavy atom. The van der Waals surface area contributed by atoms with Crippen molar-refractivity contribution >= 4 is 54.0 Å². The van der Waals surface area contributed by atoms with E-state index < -0.39 is 9.84 Å². The Balaban J connectivity index is 1.68. The summed E-state index contributed by atoms with van der Waals surface area (Å²) in [6, 6.07) is 11.7. The van der Waals surface area contributed by atoms with Gasteiger partial charge in [0.15, 0.2) is 15.0 Å².